The average molecular weight is 213 g/mol. The number of likely N-dealkylation sites (N-methyl/N-ethyl adjacent to an activating group) is 1. The van der Waals surface area contributed by atoms with Gasteiger partial charge in [-0.25, -0.2) is 10.0 Å². The highest BCUT2D eigenvalue weighted by molar-refractivity contribution is 5.73. The van der Waals surface area contributed by atoms with E-state index in [4.69, 9.17) is 5.11 Å². The highest BCUT2D eigenvalue weighted by Crippen LogP contribution is 2.20. The van der Waals surface area contributed by atoms with Crippen LogP contribution >= 0.6 is 0 Å². The third kappa shape index (κ3) is 2.30. The summed E-state index contributed by atoms with van der Waals surface area (Å²) < 4.78 is 0. The van der Waals surface area contributed by atoms with E-state index in [0.717, 1.165) is 45.6 Å². The number of hydrazine groups is 1. The normalized spacial score (nSPS) is 30.9. The van der Waals surface area contributed by atoms with Crippen LogP contribution in [0.2, 0.25) is 0 Å². The zero-order valence-corrected chi connectivity index (χ0v) is 9.22. The van der Waals surface area contributed by atoms with E-state index in [1.54, 1.807) is 0 Å². The Morgan fingerprint density at radius 3 is 2.47 bits per heavy atom. The molecule has 15 heavy (non-hydrogen) atoms. The summed E-state index contributed by atoms with van der Waals surface area (Å²) in [4.78, 5) is 13.3. The lowest BCUT2D eigenvalue weighted by Crippen LogP contribution is -2.55. The molecule has 0 aromatic rings. The molecule has 2 saturated heterocycles. The highest BCUT2D eigenvalue weighted by Gasteiger charge is 2.35. The number of piperazine rings is 1. The minimum absolute atomic E-state index is 0.284. The predicted molar refractivity (Wildman–Crippen MR) is 56.4 cm³/mol. The quantitative estimate of drug-likeness (QED) is 0.682. The number of aliphatic carboxylic acids is 1. The summed E-state index contributed by atoms with van der Waals surface area (Å²) in [6.45, 7) is 4.88. The van der Waals surface area contributed by atoms with Gasteiger partial charge >= 0.3 is 5.97 Å². The molecule has 5 heteroatoms. The predicted octanol–water partition coefficient (Wildman–Crippen LogP) is -0.302. The van der Waals surface area contributed by atoms with E-state index in [1.807, 2.05) is 0 Å². The van der Waals surface area contributed by atoms with Crippen LogP contribution in [0.1, 0.15) is 12.8 Å². The first kappa shape index (κ1) is 10.9. The first-order chi connectivity index (χ1) is 7.18. The fourth-order valence-corrected chi connectivity index (χ4v) is 2.39. The molecular formula is C10H19N3O2. The monoisotopic (exact) mass is 213 g/mol. The molecule has 2 aliphatic heterocycles. The largest absolute Gasteiger partial charge is 0.480 e. The van der Waals surface area contributed by atoms with Crippen molar-refractivity contribution in [2.75, 3.05) is 39.8 Å². The van der Waals surface area contributed by atoms with Crippen molar-refractivity contribution in [1.29, 1.82) is 0 Å². The number of carboxylic acids is 1. The van der Waals surface area contributed by atoms with Gasteiger partial charge in [-0.1, -0.05) is 0 Å². The van der Waals surface area contributed by atoms with Gasteiger partial charge in [-0.15, -0.1) is 0 Å². The molecule has 86 valence electrons. The van der Waals surface area contributed by atoms with E-state index in [1.165, 1.54) is 0 Å². The van der Waals surface area contributed by atoms with Crippen LogP contribution in [0.3, 0.4) is 0 Å². The zero-order chi connectivity index (χ0) is 10.8. The van der Waals surface area contributed by atoms with Crippen LogP contribution in [0.4, 0.5) is 0 Å². The van der Waals surface area contributed by atoms with E-state index in [9.17, 15) is 4.79 Å². The van der Waals surface area contributed by atoms with Crippen molar-refractivity contribution in [1.82, 2.24) is 14.9 Å². The fraction of sp³-hybridized carbons (Fsp3) is 0.900. The first-order valence-corrected chi connectivity index (χ1v) is 5.61. The molecule has 0 aromatic heterocycles. The molecule has 2 rings (SSSR count). The average Bonchev–Trinajstić information content (AvgIpc) is 2.67. The summed E-state index contributed by atoms with van der Waals surface area (Å²) in [6, 6.07) is -0.284. The molecule has 1 atom stereocenters. The van der Waals surface area contributed by atoms with Crippen LogP contribution in [0.15, 0.2) is 0 Å². The van der Waals surface area contributed by atoms with Gasteiger partial charge < -0.3 is 10.0 Å². The lowest BCUT2D eigenvalue weighted by atomic mass is 10.2. The minimum atomic E-state index is -0.675. The molecule has 1 N–H and O–H groups in total. The van der Waals surface area contributed by atoms with Crippen molar-refractivity contribution >= 4 is 5.97 Å². The second-order valence-electron chi connectivity index (χ2n) is 4.42. The van der Waals surface area contributed by atoms with Crippen molar-refractivity contribution in [3.63, 3.8) is 0 Å². The summed E-state index contributed by atoms with van der Waals surface area (Å²) >= 11 is 0. The Hall–Kier alpha value is -0.650. The van der Waals surface area contributed by atoms with Crippen molar-refractivity contribution in [2.45, 2.75) is 18.9 Å². The molecule has 0 radical (unpaired) electrons. The Labute approximate surface area is 90.2 Å². The van der Waals surface area contributed by atoms with E-state index in [-0.39, 0.29) is 6.04 Å². The van der Waals surface area contributed by atoms with Crippen molar-refractivity contribution < 1.29 is 9.90 Å². The van der Waals surface area contributed by atoms with Gasteiger partial charge in [0.05, 0.1) is 0 Å². The number of hydrogen-bond acceptors (Lipinski definition) is 4. The van der Waals surface area contributed by atoms with E-state index in [2.05, 4.69) is 22.0 Å². The number of carboxylic acid groups (broad SMARTS) is 1. The van der Waals surface area contributed by atoms with E-state index >= 15 is 0 Å². The third-order valence-electron chi connectivity index (χ3n) is 3.35. The molecule has 0 amide bonds. The molecular weight excluding hydrogens is 194 g/mol. The lowest BCUT2D eigenvalue weighted by Gasteiger charge is -2.39. The van der Waals surface area contributed by atoms with Crippen LogP contribution in [-0.2, 0) is 4.79 Å². The van der Waals surface area contributed by atoms with Crippen LogP contribution < -0.4 is 0 Å². The van der Waals surface area contributed by atoms with Gasteiger partial charge in [0.1, 0.15) is 6.04 Å². The molecule has 0 aromatic carbocycles. The summed E-state index contributed by atoms with van der Waals surface area (Å²) in [5, 5.41) is 13.4. The van der Waals surface area contributed by atoms with Gasteiger partial charge in [0, 0.05) is 32.7 Å². The summed E-state index contributed by atoms with van der Waals surface area (Å²) in [6.07, 6.45) is 1.80. The maximum atomic E-state index is 11.0. The smallest absolute Gasteiger partial charge is 0.322 e. The minimum Gasteiger partial charge on any atom is -0.480 e. The third-order valence-corrected chi connectivity index (χ3v) is 3.35. The van der Waals surface area contributed by atoms with Crippen LogP contribution in [0.5, 0.6) is 0 Å². The van der Waals surface area contributed by atoms with Gasteiger partial charge in [-0.3, -0.25) is 4.79 Å². The Morgan fingerprint density at radius 2 is 1.87 bits per heavy atom. The molecule has 2 fully saturated rings. The standard InChI is InChI=1S/C10H19N3O2/c1-11-5-7-12(8-6-11)13-4-2-3-9(13)10(14)15/h9H,2-8H2,1H3,(H,14,15)/t9-/m1/s1. The van der Waals surface area contributed by atoms with Gasteiger partial charge in [0.25, 0.3) is 0 Å². The maximum absolute atomic E-state index is 11.0. The summed E-state index contributed by atoms with van der Waals surface area (Å²) in [5.41, 5.74) is 0. The molecule has 0 bridgehead atoms. The van der Waals surface area contributed by atoms with Crippen molar-refractivity contribution in [3.05, 3.63) is 0 Å². The Bertz CT molecular complexity index is 239. The van der Waals surface area contributed by atoms with Crippen LogP contribution in [-0.4, -0.2) is 71.8 Å². The molecule has 5 nitrogen and oxygen atoms in total. The Morgan fingerprint density at radius 1 is 1.20 bits per heavy atom. The highest BCUT2D eigenvalue weighted by atomic mass is 16.4. The maximum Gasteiger partial charge on any atom is 0.322 e. The molecule has 0 saturated carbocycles. The van der Waals surface area contributed by atoms with Gasteiger partial charge in [0.15, 0.2) is 0 Å². The summed E-state index contributed by atoms with van der Waals surface area (Å²) in [5.74, 6) is -0.675. The summed E-state index contributed by atoms with van der Waals surface area (Å²) in [7, 11) is 2.11. The Balaban J connectivity index is 1.94. The SMILES string of the molecule is CN1CCN(N2CCC[C@@H]2C(=O)O)CC1. The van der Waals surface area contributed by atoms with Crippen molar-refractivity contribution in [3.8, 4) is 0 Å². The van der Waals surface area contributed by atoms with Crippen molar-refractivity contribution in [2.24, 2.45) is 0 Å². The van der Waals surface area contributed by atoms with Crippen LogP contribution in [0, 0.1) is 0 Å². The molecule has 2 heterocycles. The fourth-order valence-electron chi connectivity index (χ4n) is 2.39. The number of hydrogen-bond donors (Lipinski definition) is 1. The number of rotatable bonds is 2. The van der Waals surface area contributed by atoms with E-state index < -0.39 is 5.97 Å². The van der Waals surface area contributed by atoms with Crippen LogP contribution in [0.25, 0.3) is 0 Å². The number of carbonyl (C=O) groups is 1. The molecule has 2 aliphatic rings. The zero-order valence-electron chi connectivity index (χ0n) is 9.22. The van der Waals surface area contributed by atoms with Gasteiger partial charge in [-0.2, -0.15) is 0 Å². The topological polar surface area (TPSA) is 47.0 Å². The van der Waals surface area contributed by atoms with Gasteiger partial charge in [0.2, 0.25) is 0 Å². The second-order valence-corrected chi connectivity index (χ2v) is 4.42. The van der Waals surface area contributed by atoms with Gasteiger partial charge in [-0.05, 0) is 19.9 Å². The molecule has 0 unspecified atom stereocenters. The second kappa shape index (κ2) is 4.47. The molecule has 0 aliphatic carbocycles. The molecule has 0 spiro atoms. The number of nitrogens with zero attached hydrogens (tertiary/aromatic N) is 3. The Kier molecular flexibility index (Phi) is 3.23. The lowest BCUT2D eigenvalue weighted by molar-refractivity contribution is -0.151. The van der Waals surface area contributed by atoms with E-state index in [0.29, 0.717) is 0 Å². The first-order valence-electron chi connectivity index (χ1n) is 5.61.